The number of aromatic nitrogens is 1. The van der Waals surface area contributed by atoms with Crippen LogP contribution in [0.15, 0.2) is 28.8 Å². The Morgan fingerprint density at radius 3 is 2.54 bits per heavy atom. The number of nitrogens with one attached hydrogen (secondary N) is 2. The SMILES string of the molecule is CCC(C(=O)Nc1cc(C)on1)N(C)CC(=O)Nc1ccc(Cl)c(Cl)c1. The molecule has 1 aromatic carbocycles. The molecule has 2 N–H and O–H groups in total. The van der Waals surface area contributed by atoms with Crippen molar-refractivity contribution in [2.75, 3.05) is 24.2 Å². The Morgan fingerprint density at radius 1 is 1.23 bits per heavy atom. The van der Waals surface area contributed by atoms with E-state index in [4.69, 9.17) is 27.7 Å². The molecule has 0 aliphatic heterocycles. The van der Waals surface area contributed by atoms with E-state index in [2.05, 4.69) is 15.8 Å². The van der Waals surface area contributed by atoms with Gasteiger partial charge < -0.3 is 15.2 Å². The Bertz CT molecular complexity index is 794. The van der Waals surface area contributed by atoms with Gasteiger partial charge in [0.15, 0.2) is 5.82 Å². The predicted octanol–water partition coefficient (Wildman–Crippen LogP) is 3.58. The Kier molecular flexibility index (Phi) is 7.02. The van der Waals surface area contributed by atoms with Gasteiger partial charge in [0.25, 0.3) is 0 Å². The molecular weight excluding hydrogens is 379 g/mol. The Labute approximate surface area is 161 Å². The second-order valence-electron chi connectivity index (χ2n) is 5.83. The van der Waals surface area contributed by atoms with Gasteiger partial charge in [0, 0.05) is 11.8 Å². The number of likely N-dealkylation sites (N-methyl/N-ethyl adjacent to an activating group) is 1. The molecule has 2 aromatic rings. The number of rotatable bonds is 7. The number of nitrogens with zero attached hydrogens (tertiary/aromatic N) is 2. The van der Waals surface area contributed by atoms with E-state index in [0.29, 0.717) is 33.7 Å². The van der Waals surface area contributed by atoms with E-state index in [1.807, 2.05) is 6.92 Å². The van der Waals surface area contributed by atoms with Crippen LogP contribution in [0, 0.1) is 6.92 Å². The first-order valence-corrected chi connectivity index (χ1v) is 8.75. The van der Waals surface area contributed by atoms with Crippen molar-refractivity contribution in [3.63, 3.8) is 0 Å². The highest BCUT2D eigenvalue weighted by molar-refractivity contribution is 6.42. The summed E-state index contributed by atoms with van der Waals surface area (Å²) in [5.74, 6) is 0.419. The van der Waals surface area contributed by atoms with Crippen LogP contribution in [-0.4, -0.2) is 41.5 Å². The van der Waals surface area contributed by atoms with Crippen molar-refractivity contribution in [1.29, 1.82) is 0 Å². The molecule has 26 heavy (non-hydrogen) atoms. The molecule has 1 unspecified atom stereocenters. The monoisotopic (exact) mass is 398 g/mol. The van der Waals surface area contributed by atoms with Gasteiger partial charge in [-0.05, 0) is 38.6 Å². The molecule has 0 bridgehead atoms. The van der Waals surface area contributed by atoms with Gasteiger partial charge in [-0.3, -0.25) is 14.5 Å². The molecule has 1 atom stereocenters. The molecule has 0 saturated carbocycles. The number of aryl methyl sites for hydroxylation is 1. The first-order chi connectivity index (χ1) is 12.3. The van der Waals surface area contributed by atoms with Crippen LogP contribution in [0.25, 0.3) is 0 Å². The highest BCUT2D eigenvalue weighted by Crippen LogP contribution is 2.25. The zero-order chi connectivity index (χ0) is 19.3. The Balaban J connectivity index is 1.94. The van der Waals surface area contributed by atoms with Crippen molar-refractivity contribution in [2.24, 2.45) is 0 Å². The molecular formula is C17H20Cl2N4O3. The van der Waals surface area contributed by atoms with Crippen LogP contribution in [0.3, 0.4) is 0 Å². The number of carbonyl (C=O) groups is 2. The quantitative estimate of drug-likeness (QED) is 0.743. The van der Waals surface area contributed by atoms with Crippen LogP contribution in [-0.2, 0) is 9.59 Å². The third-order valence-corrected chi connectivity index (χ3v) is 4.44. The van der Waals surface area contributed by atoms with Gasteiger partial charge in [-0.15, -0.1) is 0 Å². The number of amides is 2. The van der Waals surface area contributed by atoms with Crippen LogP contribution in [0.5, 0.6) is 0 Å². The lowest BCUT2D eigenvalue weighted by atomic mass is 10.2. The van der Waals surface area contributed by atoms with Crippen LogP contribution in [0.2, 0.25) is 10.0 Å². The summed E-state index contributed by atoms with van der Waals surface area (Å²) in [7, 11) is 1.70. The fourth-order valence-corrected chi connectivity index (χ4v) is 2.74. The molecule has 0 aliphatic carbocycles. The van der Waals surface area contributed by atoms with E-state index in [1.165, 1.54) is 0 Å². The molecule has 1 heterocycles. The smallest absolute Gasteiger partial charge is 0.242 e. The van der Waals surface area contributed by atoms with Gasteiger partial charge >= 0.3 is 0 Å². The lowest BCUT2D eigenvalue weighted by molar-refractivity contribution is -0.123. The fourth-order valence-electron chi connectivity index (χ4n) is 2.44. The molecule has 1 aromatic heterocycles. The third-order valence-electron chi connectivity index (χ3n) is 3.70. The molecule has 7 nitrogen and oxygen atoms in total. The van der Waals surface area contributed by atoms with Crippen LogP contribution < -0.4 is 10.6 Å². The summed E-state index contributed by atoms with van der Waals surface area (Å²) in [4.78, 5) is 26.3. The van der Waals surface area contributed by atoms with E-state index >= 15 is 0 Å². The first kappa shape index (κ1) is 20.2. The summed E-state index contributed by atoms with van der Waals surface area (Å²) < 4.78 is 4.93. The van der Waals surface area contributed by atoms with E-state index in [9.17, 15) is 9.59 Å². The van der Waals surface area contributed by atoms with Crippen molar-refractivity contribution in [3.8, 4) is 0 Å². The Morgan fingerprint density at radius 2 is 1.96 bits per heavy atom. The topological polar surface area (TPSA) is 87.5 Å². The van der Waals surface area contributed by atoms with E-state index in [0.717, 1.165) is 0 Å². The summed E-state index contributed by atoms with van der Waals surface area (Å²) in [6.07, 6.45) is 0.527. The molecule has 140 valence electrons. The molecule has 0 saturated heterocycles. The molecule has 0 spiro atoms. The molecule has 2 rings (SSSR count). The minimum Gasteiger partial charge on any atom is -0.360 e. The standard InChI is InChI=1S/C17H20Cl2N4O3/c1-4-14(17(25)21-15-7-10(2)26-22-15)23(3)9-16(24)20-11-5-6-12(18)13(19)8-11/h5-8,14H,4,9H2,1-3H3,(H,20,24)(H,21,22,25). The maximum Gasteiger partial charge on any atom is 0.242 e. The number of hydrogen-bond acceptors (Lipinski definition) is 5. The number of benzene rings is 1. The van der Waals surface area contributed by atoms with Crippen molar-refractivity contribution in [2.45, 2.75) is 26.3 Å². The van der Waals surface area contributed by atoms with Crippen molar-refractivity contribution >= 4 is 46.5 Å². The van der Waals surface area contributed by atoms with Gasteiger partial charge in [0.1, 0.15) is 5.76 Å². The van der Waals surface area contributed by atoms with Crippen molar-refractivity contribution < 1.29 is 14.1 Å². The zero-order valence-electron chi connectivity index (χ0n) is 14.7. The Hall–Kier alpha value is -2.09. The molecule has 0 fully saturated rings. The maximum atomic E-state index is 12.4. The van der Waals surface area contributed by atoms with E-state index in [1.54, 1.807) is 43.1 Å². The van der Waals surface area contributed by atoms with Gasteiger partial charge in [0.2, 0.25) is 11.8 Å². The maximum absolute atomic E-state index is 12.4. The second kappa shape index (κ2) is 9.02. The lowest BCUT2D eigenvalue weighted by Crippen LogP contribution is -2.44. The molecule has 0 aliphatic rings. The number of anilines is 2. The summed E-state index contributed by atoms with van der Waals surface area (Å²) in [6, 6.07) is 5.96. The minimum atomic E-state index is -0.494. The van der Waals surface area contributed by atoms with E-state index in [-0.39, 0.29) is 18.4 Å². The van der Waals surface area contributed by atoms with Gasteiger partial charge in [-0.25, -0.2) is 0 Å². The number of carbonyl (C=O) groups excluding carboxylic acids is 2. The average Bonchev–Trinajstić information content (AvgIpc) is 2.96. The van der Waals surface area contributed by atoms with Crippen LogP contribution in [0.4, 0.5) is 11.5 Å². The second-order valence-corrected chi connectivity index (χ2v) is 6.64. The van der Waals surface area contributed by atoms with Crippen molar-refractivity contribution in [1.82, 2.24) is 10.1 Å². The number of halogens is 2. The van der Waals surface area contributed by atoms with Crippen LogP contribution in [0.1, 0.15) is 19.1 Å². The van der Waals surface area contributed by atoms with Crippen LogP contribution >= 0.6 is 23.2 Å². The van der Waals surface area contributed by atoms with Crippen molar-refractivity contribution in [3.05, 3.63) is 40.1 Å². The third kappa shape index (κ3) is 5.45. The summed E-state index contributed by atoms with van der Waals surface area (Å²) in [6.45, 7) is 3.63. The normalized spacial score (nSPS) is 12.1. The fraction of sp³-hybridized carbons (Fsp3) is 0.353. The zero-order valence-corrected chi connectivity index (χ0v) is 16.2. The number of hydrogen-bond donors (Lipinski definition) is 2. The summed E-state index contributed by atoms with van der Waals surface area (Å²) >= 11 is 11.8. The average molecular weight is 399 g/mol. The molecule has 2 amide bonds. The van der Waals surface area contributed by atoms with Gasteiger partial charge in [-0.1, -0.05) is 35.3 Å². The minimum absolute atomic E-state index is 0.0318. The first-order valence-electron chi connectivity index (χ1n) is 7.99. The molecule has 0 radical (unpaired) electrons. The predicted molar refractivity (Wildman–Crippen MR) is 102 cm³/mol. The summed E-state index contributed by atoms with van der Waals surface area (Å²) in [5.41, 5.74) is 0.536. The highest BCUT2D eigenvalue weighted by Gasteiger charge is 2.24. The van der Waals surface area contributed by atoms with Gasteiger partial charge in [0.05, 0.1) is 22.6 Å². The van der Waals surface area contributed by atoms with Gasteiger partial charge in [-0.2, -0.15) is 0 Å². The van der Waals surface area contributed by atoms with E-state index < -0.39 is 6.04 Å². The largest absolute Gasteiger partial charge is 0.360 e. The summed E-state index contributed by atoms with van der Waals surface area (Å²) in [5, 5.41) is 9.91. The molecule has 9 heteroatoms. The lowest BCUT2D eigenvalue weighted by Gasteiger charge is -2.25. The highest BCUT2D eigenvalue weighted by atomic mass is 35.5.